The predicted octanol–water partition coefficient (Wildman–Crippen LogP) is -1.33. The molecule has 1 fully saturated rings. The van der Waals surface area contributed by atoms with Gasteiger partial charge in [-0.1, -0.05) is 0 Å². The zero-order valence-electron chi connectivity index (χ0n) is 6.09. The summed E-state index contributed by atoms with van der Waals surface area (Å²) in [6.45, 7) is 0. The maximum atomic E-state index is 10.9. The molecule has 1 heterocycles. The average Bonchev–Trinajstić information content (AvgIpc) is 2.15. The fourth-order valence-electron chi connectivity index (χ4n) is 0.787. The number of nitrogens with one attached hydrogen (secondary N) is 1. The third kappa shape index (κ3) is 1.34. The summed E-state index contributed by atoms with van der Waals surface area (Å²) >= 11 is 0. The summed E-state index contributed by atoms with van der Waals surface area (Å²) in [6.07, 6.45) is 0. The number of carbonyl (C=O) groups excluding carboxylic acids is 2. The number of rotatable bonds is 1. The predicted molar refractivity (Wildman–Crippen MR) is 37.1 cm³/mol. The number of amides is 3. The van der Waals surface area contributed by atoms with E-state index < -0.39 is 25.3 Å². The molecule has 1 aliphatic rings. The topological polar surface area (TPSA) is 107 Å². The van der Waals surface area contributed by atoms with Gasteiger partial charge in [0.25, 0.3) is 5.91 Å². The van der Waals surface area contributed by atoms with Gasteiger partial charge >= 0.3 is 13.6 Å². The van der Waals surface area contributed by atoms with Crippen LogP contribution in [0.1, 0.15) is 0 Å². The summed E-state index contributed by atoms with van der Waals surface area (Å²) in [5.74, 6) is -2.62. The largest absolute Gasteiger partial charge is 0.357 e. The Balaban J connectivity index is 2.93. The van der Waals surface area contributed by atoms with Gasteiger partial charge in [0.2, 0.25) is 5.78 Å². The number of imide groups is 1. The average molecular weight is 194 g/mol. The van der Waals surface area contributed by atoms with Crippen molar-refractivity contribution in [3.63, 3.8) is 0 Å². The molecule has 0 aromatic carbocycles. The minimum Gasteiger partial charge on any atom is -0.323 e. The lowest BCUT2D eigenvalue weighted by Crippen LogP contribution is -2.28. The molecule has 0 saturated carbocycles. The fourth-order valence-corrected chi connectivity index (χ4v) is 1.53. The fraction of sp³-hybridized carbons (Fsp3) is 0.500. The van der Waals surface area contributed by atoms with Crippen molar-refractivity contribution in [1.29, 1.82) is 0 Å². The molecule has 0 aromatic rings. The maximum Gasteiger partial charge on any atom is 0.357 e. The summed E-state index contributed by atoms with van der Waals surface area (Å²) in [6, 6.07) is -0.798. The van der Waals surface area contributed by atoms with Crippen molar-refractivity contribution in [3.05, 3.63) is 0 Å². The molecule has 12 heavy (non-hydrogen) atoms. The number of nitrogens with zero attached hydrogens (tertiary/aromatic N) is 1. The van der Waals surface area contributed by atoms with Crippen LogP contribution in [0.5, 0.6) is 0 Å². The number of hydrogen-bond acceptors (Lipinski definition) is 3. The molecule has 0 bridgehead atoms. The van der Waals surface area contributed by atoms with Gasteiger partial charge in [-0.25, -0.2) is 4.79 Å². The molecule has 1 saturated heterocycles. The van der Waals surface area contributed by atoms with Gasteiger partial charge in [-0.05, 0) is 0 Å². The lowest BCUT2D eigenvalue weighted by atomic mass is 10.6. The molecule has 1 unspecified atom stereocenters. The van der Waals surface area contributed by atoms with Crippen molar-refractivity contribution < 1.29 is 23.9 Å². The number of carbonyl (C=O) groups is 2. The summed E-state index contributed by atoms with van der Waals surface area (Å²) in [7, 11) is -3.42. The molecule has 0 aliphatic carbocycles. The Morgan fingerprint density at radius 2 is 2.00 bits per heavy atom. The van der Waals surface area contributed by atoms with Crippen molar-refractivity contribution in [3.8, 4) is 0 Å². The Morgan fingerprint density at radius 1 is 1.50 bits per heavy atom. The van der Waals surface area contributed by atoms with Gasteiger partial charge in [-0.3, -0.25) is 14.3 Å². The van der Waals surface area contributed by atoms with Gasteiger partial charge in [-0.2, -0.15) is 0 Å². The normalized spacial score (nSPS) is 24.6. The highest BCUT2D eigenvalue weighted by atomic mass is 31.2. The molecule has 1 rings (SSSR count). The van der Waals surface area contributed by atoms with Crippen LogP contribution in [0.2, 0.25) is 0 Å². The zero-order valence-corrected chi connectivity index (χ0v) is 6.99. The maximum absolute atomic E-state index is 10.9. The minimum absolute atomic E-state index is 0.629. The smallest absolute Gasteiger partial charge is 0.323 e. The standard InChI is InChI=1S/C4H7N2O5P/c1-6-3(7)2(5-4(6)8)12(9,10)11/h2H,1H3,(H,5,8)(H2,9,10,11). The first-order valence-corrected chi connectivity index (χ1v) is 4.65. The van der Waals surface area contributed by atoms with Gasteiger partial charge in [0.15, 0.2) is 0 Å². The van der Waals surface area contributed by atoms with E-state index in [9.17, 15) is 14.2 Å². The van der Waals surface area contributed by atoms with Crippen LogP contribution in [0.25, 0.3) is 0 Å². The number of likely N-dealkylation sites (N-methyl/N-ethyl adjacent to an activating group) is 1. The molecule has 7 nitrogen and oxygen atoms in total. The van der Waals surface area contributed by atoms with E-state index in [0.717, 1.165) is 7.05 Å². The molecule has 8 heteroatoms. The van der Waals surface area contributed by atoms with E-state index in [-0.39, 0.29) is 0 Å². The van der Waals surface area contributed by atoms with Gasteiger partial charge in [0, 0.05) is 7.05 Å². The van der Waals surface area contributed by atoms with Crippen molar-refractivity contribution in [1.82, 2.24) is 10.2 Å². The van der Waals surface area contributed by atoms with Gasteiger partial charge in [0.1, 0.15) is 0 Å². The highest BCUT2D eigenvalue weighted by Gasteiger charge is 2.46. The molecular formula is C4H7N2O5P. The Morgan fingerprint density at radius 3 is 2.17 bits per heavy atom. The van der Waals surface area contributed by atoms with E-state index in [4.69, 9.17) is 9.79 Å². The van der Waals surface area contributed by atoms with E-state index in [0.29, 0.717) is 4.90 Å². The Labute approximate surface area is 67.5 Å². The minimum atomic E-state index is -4.57. The third-order valence-electron chi connectivity index (χ3n) is 1.47. The van der Waals surface area contributed by atoms with Crippen LogP contribution < -0.4 is 5.32 Å². The molecule has 1 atom stereocenters. The summed E-state index contributed by atoms with van der Waals surface area (Å²) in [5, 5.41) is 1.87. The molecule has 68 valence electrons. The molecule has 0 aromatic heterocycles. The lowest BCUT2D eigenvalue weighted by molar-refractivity contribution is -0.125. The van der Waals surface area contributed by atoms with Crippen LogP contribution in [-0.4, -0.2) is 39.5 Å². The van der Waals surface area contributed by atoms with E-state index >= 15 is 0 Å². The first-order valence-electron chi connectivity index (χ1n) is 2.97. The monoisotopic (exact) mass is 194 g/mol. The van der Waals surface area contributed by atoms with Crippen LogP contribution in [0.15, 0.2) is 0 Å². The lowest BCUT2D eigenvalue weighted by Gasteiger charge is -2.08. The first-order chi connectivity index (χ1) is 5.34. The molecule has 3 N–H and O–H groups in total. The Hall–Kier alpha value is -0.910. The van der Waals surface area contributed by atoms with Crippen LogP contribution in [0.3, 0.4) is 0 Å². The first kappa shape index (κ1) is 9.18. The van der Waals surface area contributed by atoms with Crippen molar-refractivity contribution >= 4 is 19.5 Å². The Bertz CT molecular complexity index is 283. The third-order valence-corrected chi connectivity index (χ3v) is 2.49. The van der Waals surface area contributed by atoms with Crippen LogP contribution in [0.4, 0.5) is 4.79 Å². The van der Waals surface area contributed by atoms with E-state index in [1.807, 2.05) is 5.32 Å². The highest BCUT2D eigenvalue weighted by molar-refractivity contribution is 7.53. The summed E-state index contributed by atoms with van der Waals surface area (Å²) in [4.78, 5) is 39.4. The van der Waals surface area contributed by atoms with Crippen LogP contribution in [0, 0.1) is 0 Å². The van der Waals surface area contributed by atoms with Crippen LogP contribution >= 0.6 is 7.60 Å². The summed E-state index contributed by atoms with van der Waals surface area (Å²) in [5.41, 5.74) is 0. The zero-order chi connectivity index (χ0) is 9.52. The van der Waals surface area contributed by atoms with Gasteiger partial charge in [0.05, 0.1) is 0 Å². The quantitative estimate of drug-likeness (QED) is 0.354. The molecular weight excluding hydrogens is 187 g/mol. The van der Waals surface area contributed by atoms with Crippen molar-refractivity contribution in [2.24, 2.45) is 0 Å². The van der Waals surface area contributed by atoms with Crippen LogP contribution in [-0.2, 0) is 9.36 Å². The molecule has 0 spiro atoms. The van der Waals surface area contributed by atoms with Gasteiger partial charge < -0.3 is 15.1 Å². The number of hydrogen-bond donors (Lipinski definition) is 3. The second-order valence-corrected chi connectivity index (χ2v) is 4.03. The van der Waals surface area contributed by atoms with E-state index in [1.165, 1.54) is 0 Å². The second-order valence-electron chi connectivity index (χ2n) is 2.34. The Kier molecular flexibility index (Phi) is 1.95. The second kappa shape index (κ2) is 2.55. The van der Waals surface area contributed by atoms with E-state index in [2.05, 4.69) is 0 Å². The molecule has 1 aliphatic heterocycles. The van der Waals surface area contributed by atoms with Crippen molar-refractivity contribution in [2.45, 2.75) is 5.78 Å². The SMILES string of the molecule is CN1C(=O)NC(P(=O)(O)O)C1=O. The highest BCUT2D eigenvalue weighted by Crippen LogP contribution is 2.41. The van der Waals surface area contributed by atoms with E-state index in [1.54, 1.807) is 0 Å². The van der Waals surface area contributed by atoms with Crippen molar-refractivity contribution in [2.75, 3.05) is 7.05 Å². The van der Waals surface area contributed by atoms with Gasteiger partial charge in [-0.15, -0.1) is 0 Å². The molecule has 3 amide bonds. The molecule has 0 radical (unpaired) electrons. The summed E-state index contributed by atoms with van der Waals surface area (Å²) < 4.78 is 10.6. The number of urea groups is 1.